The smallest absolute Gasteiger partial charge is 1.00 e. The number of hydrogen-bond donors (Lipinski definition) is 0. The zero-order valence-corrected chi connectivity index (χ0v) is 16.6. The summed E-state index contributed by atoms with van der Waals surface area (Å²) in [5.41, 5.74) is 5.55. The zero-order chi connectivity index (χ0) is 17.0. The molecule has 0 spiro atoms. The van der Waals surface area contributed by atoms with E-state index in [1.807, 2.05) is 39.0 Å². The summed E-state index contributed by atoms with van der Waals surface area (Å²) in [7, 11) is 0.148. The Bertz CT molecular complexity index is 709. The van der Waals surface area contributed by atoms with Crippen LogP contribution in [0, 0.1) is 27.7 Å². The van der Waals surface area contributed by atoms with Gasteiger partial charge in [-0.15, -0.1) is 0 Å². The van der Waals surface area contributed by atoms with Gasteiger partial charge in [-0.1, -0.05) is 30.7 Å². The summed E-state index contributed by atoms with van der Waals surface area (Å²) >= 11 is 0. The maximum atomic E-state index is 12.8. The second-order valence-electron chi connectivity index (χ2n) is 6.05. The zero-order valence-electron chi connectivity index (χ0n) is 16.6. The van der Waals surface area contributed by atoms with Crippen LogP contribution in [0.2, 0.25) is 0 Å². The summed E-state index contributed by atoms with van der Waals surface area (Å²) in [4.78, 5) is 12.8. The monoisotopic (exact) mass is 336 g/mol. The van der Waals surface area contributed by atoms with Crippen molar-refractivity contribution in [3.8, 4) is 5.75 Å². The largest absolute Gasteiger partial charge is 1.00 e. The van der Waals surface area contributed by atoms with Gasteiger partial charge in [0.25, 0.3) is 0 Å². The van der Waals surface area contributed by atoms with Gasteiger partial charge in [0.1, 0.15) is 5.75 Å². The summed E-state index contributed by atoms with van der Waals surface area (Å²) in [6.07, 6.45) is 0.993. The van der Waals surface area contributed by atoms with E-state index in [9.17, 15) is 4.79 Å². The predicted octanol–water partition coefficient (Wildman–Crippen LogP) is 1.97. The Hall–Kier alpha value is -1.06. The van der Waals surface area contributed by atoms with Crippen molar-refractivity contribution >= 4 is 19.4 Å². The number of hydrogen-bond acceptors (Lipinski definition) is 2. The maximum Gasteiger partial charge on any atom is 1.00 e. The van der Waals surface area contributed by atoms with Crippen molar-refractivity contribution in [3.05, 3.63) is 58.1 Å². The van der Waals surface area contributed by atoms with E-state index >= 15 is 0 Å². The van der Waals surface area contributed by atoms with Gasteiger partial charge in [0.15, 0.2) is 5.52 Å². The Kier molecular flexibility index (Phi) is 8.24. The number of ether oxygens (including phenoxy) is 1. The van der Waals surface area contributed by atoms with E-state index in [1.165, 1.54) is 5.56 Å². The molecule has 0 amide bonds. The van der Waals surface area contributed by atoms with Crippen LogP contribution in [0.3, 0.4) is 0 Å². The number of carbonyl (C=O) groups excluding carboxylic acids is 1. The summed E-state index contributed by atoms with van der Waals surface area (Å²) in [6, 6.07) is 10.2. The summed E-state index contributed by atoms with van der Waals surface area (Å²) in [6.45, 7) is 11.0. The van der Waals surface area contributed by atoms with Crippen LogP contribution in [-0.2, 0) is 0 Å². The third-order valence-electron chi connectivity index (χ3n) is 3.82. The first-order valence-electron chi connectivity index (χ1n) is 8.05. The second kappa shape index (κ2) is 9.43. The molecular weight excluding hydrogens is 310 g/mol. The maximum absolute atomic E-state index is 12.8. The molecule has 0 radical (unpaired) electrons. The molecule has 4 heteroatoms. The minimum absolute atomic E-state index is 0. The van der Waals surface area contributed by atoms with Crippen LogP contribution in [0.25, 0.3) is 0 Å². The van der Waals surface area contributed by atoms with Crippen molar-refractivity contribution in [3.63, 3.8) is 0 Å². The Morgan fingerprint density at radius 2 is 1.67 bits per heavy atom. The van der Waals surface area contributed by atoms with E-state index in [1.54, 1.807) is 0 Å². The molecule has 0 bridgehead atoms. The van der Waals surface area contributed by atoms with Crippen molar-refractivity contribution in [1.82, 2.24) is 0 Å². The summed E-state index contributed by atoms with van der Waals surface area (Å²) < 4.78 is 5.65. The van der Waals surface area contributed by atoms with Crippen LogP contribution in [-0.4, -0.2) is 12.1 Å². The quantitative estimate of drug-likeness (QED) is 0.596. The van der Waals surface area contributed by atoms with Gasteiger partial charge in [0.05, 0.1) is 6.61 Å². The van der Waals surface area contributed by atoms with Crippen molar-refractivity contribution in [2.24, 2.45) is 0 Å². The number of rotatable bonds is 6. The van der Waals surface area contributed by atoms with Crippen molar-refractivity contribution in [2.75, 3.05) is 6.61 Å². The molecule has 2 nitrogen and oxygen atoms in total. The predicted molar refractivity (Wildman–Crippen MR) is 101 cm³/mol. The van der Waals surface area contributed by atoms with Gasteiger partial charge >= 0.3 is 18.9 Å². The molecule has 0 N–H and O–H groups in total. The molecule has 0 aliphatic carbocycles. The molecule has 0 aliphatic heterocycles. The normalized spacial score (nSPS) is 10.7. The molecule has 0 saturated carbocycles. The molecule has 1 unspecified atom stereocenters. The van der Waals surface area contributed by atoms with E-state index in [4.69, 9.17) is 4.74 Å². The van der Waals surface area contributed by atoms with Gasteiger partial charge in [0, 0.05) is 5.56 Å². The van der Waals surface area contributed by atoms with E-state index < -0.39 is 0 Å². The van der Waals surface area contributed by atoms with Crippen molar-refractivity contribution < 1.29 is 29.8 Å². The third-order valence-corrected chi connectivity index (χ3v) is 5.13. The van der Waals surface area contributed by atoms with Crippen molar-refractivity contribution in [2.45, 2.75) is 41.0 Å². The molecule has 2 aromatic rings. The average molecular weight is 336 g/mol. The van der Waals surface area contributed by atoms with E-state index in [0.29, 0.717) is 0 Å². The standard InChI is InChI=1S/C20H25O2P.Li.H/c1-6-9-22-17-7-8-18(14(3)12-17)23-20(21)19-15(4)10-13(2)11-16(19)5;;/h7-8,10-12,23H,6,9H2,1-5H3;;/q;+1;-1. The van der Waals surface area contributed by atoms with Gasteiger partial charge < -0.3 is 6.16 Å². The fourth-order valence-corrected chi connectivity index (χ4v) is 4.01. The molecule has 0 saturated heterocycles. The molecule has 0 heterocycles. The molecule has 24 heavy (non-hydrogen) atoms. The van der Waals surface area contributed by atoms with Crippen LogP contribution in [0.15, 0.2) is 30.3 Å². The molecule has 124 valence electrons. The first-order chi connectivity index (χ1) is 10.9. The number of carbonyl (C=O) groups is 1. The van der Waals surface area contributed by atoms with Crippen LogP contribution >= 0.6 is 8.58 Å². The molecule has 0 fully saturated rings. The second-order valence-corrected chi connectivity index (χ2v) is 7.30. The van der Waals surface area contributed by atoms with Crippen LogP contribution in [0.1, 0.15) is 47.4 Å². The minimum Gasteiger partial charge on any atom is -1.00 e. The van der Waals surface area contributed by atoms with E-state index in [2.05, 4.69) is 26.0 Å². The average Bonchev–Trinajstić information content (AvgIpc) is 2.46. The Balaban J connectivity index is 0.00000288. The molecular formula is C20H26LiO2P. The fourth-order valence-electron chi connectivity index (χ4n) is 2.81. The minimum atomic E-state index is 0. The number of benzene rings is 2. The molecule has 2 rings (SSSR count). The SMILES string of the molecule is CCCOc1ccc(PC(=O)c2c(C)cc(C)cc2C)c(C)c1.[H-].[Li+]. The third kappa shape index (κ3) is 5.22. The Morgan fingerprint density at radius 3 is 2.21 bits per heavy atom. The molecule has 0 aromatic heterocycles. The van der Waals surface area contributed by atoms with Gasteiger partial charge in [-0.25, -0.2) is 0 Å². The summed E-state index contributed by atoms with van der Waals surface area (Å²) in [5.74, 6) is 0.882. The summed E-state index contributed by atoms with van der Waals surface area (Å²) in [5, 5.41) is 1.10. The Morgan fingerprint density at radius 1 is 1.04 bits per heavy atom. The topological polar surface area (TPSA) is 26.3 Å². The fraction of sp³-hybridized carbons (Fsp3) is 0.350. The Labute approximate surface area is 160 Å². The van der Waals surface area contributed by atoms with Crippen LogP contribution < -0.4 is 28.9 Å². The molecule has 2 aromatic carbocycles. The van der Waals surface area contributed by atoms with Gasteiger partial charge in [-0.3, -0.25) is 4.79 Å². The van der Waals surface area contributed by atoms with E-state index in [-0.39, 0.29) is 34.4 Å². The van der Waals surface area contributed by atoms with Crippen LogP contribution in [0.5, 0.6) is 5.75 Å². The van der Waals surface area contributed by atoms with Gasteiger partial charge in [-0.05, 0) is 76.8 Å². The van der Waals surface area contributed by atoms with Crippen molar-refractivity contribution in [1.29, 1.82) is 0 Å². The van der Waals surface area contributed by atoms with E-state index in [0.717, 1.165) is 46.3 Å². The van der Waals surface area contributed by atoms with Gasteiger partial charge in [0.2, 0.25) is 0 Å². The number of aryl methyl sites for hydroxylation is 4. The first kappa shape index (κ1) is 21.0. The first-order valence-corrected chi connectivity index (χ1v) is 9.05. The van der Waals surface area contributed by atoms with Crippen LogP contribution in [0.4, 0.5) is 0 Å². The van der Waals surface area contributed by atoms with Gasteiger partial charge in [-0.2, -0.15) is 0 Å². The molecule has 0 aliphatic rings. The molecule has 1 atom stereocenters.